The molecule has 0 amide bonds. The smallest absolute Gasteiger partial charge is 0.164 e. The van der Waals surface area contributed by atoms with E-state index in [0.29, 0.717) is 12.8 Å². The van der Waals surface area contributed by atoms with Gasteiger partial charge in [0, 0.05) is 13.2 Å². The lowest BCUT2D eigenvalue weighted by molar-refractivity contribution is 0.279. The third-order valence-corrected chi connectivity index (χ3v) is 3.62. The normalized spacial score (nSPS) is 16.6. The van der Waals surface area contributed by atoms with Gasteiger partial charge in [-0.3, -0.25) is 0 Å². The standard InChI is InChI=1S/C16H28N4O2/c1-15(13-17,9-5-3-7-11-21)19-20-16(2,14-18)10-6-4-8-12-22/h21-22H,3-12H2,1-2H3/b20-19+. The van der Waals surface area contributed by atoms with Crippen LogP contribution < -0.4 is 0 Å². The Bertz CT molecular complexity index is 375. The van der Waals surface area contributed by atoms with E-state index in [9.17, 15) is 10.5 Å². The monoisotopic (exact) mass is 308 g/mol. The Morgan fingerprint density at radius 1 is 0.727 bits per heavy atom. The van der Waals surface area contributed by atoms with Gasteiger partial charge in [0.15, 0.2) is 11.1 Å². The Balaban J connectivity index is 4.56. The largest absolute Gasteiger partial charge is 0.396 e. The van der Waals surface area contributed by atoms with Crippen LogP contribution in [0.3, 0.4) is 0 Å². The molecule has 6 heteroatoms. The fourth-order valence-electron chi connectivity index (χ4n) is 1.99. The first-order chi connectivity index (χ1) is 10.4. The second-order valence-electron chi connectivity index (χ2n) is 6.04. The van der Waals surface area contributed by atoms with E-state index in [1.807, 2.05) is 0 Å². The molecule has 22 heavy (non-hydrogen) atoms. The molecule has 0 aliphatic carbocycles. The minimum Gasteiger partial charge on any atom is -0.396 e. The molecule has 0 radical (unpaired) electrons. The van der Waals surface area contributed by atoms with E-state index in [0.717, 1.165) is 38.5 Å². The molecule has 0 saturated carbocycles. The Kier molecular flexibility index (Phi) is 10.4. The zero-order chi connectivity index (χ0) is 16.9. The van der Waals surface area contributed by atoms with E-state index in [-0.39, 0.29) is 13.2 Å². The molecular weight excluding hydrogens is 280 g/mol. The first-order valence-corrected chi connectivity index (χ1v) is 7.93. The van der Waals surface area contributed by atoms with Crippen LogP contribution in [0.1, 0.15) is 65.2 Å². The van der Waals surface area contributed by atoms with Gasteiger partial charge in [0.1, 0.15) is 0 Å². The Hall–Kier alpha value is -1.50. The quantitative estimate of drug-likeness (QED) is 0.426. The van der Waals surface area contributed by atoms with Crippen LogP contribution >= 0.6 is 0 Å². The lowest BCUT2D eigenvalue weighted by Crippen LogP contribution is -2.23. The van der Waals surface area contributed by atoms with Gasteiger partial charge in [-0.15, -0.1) is 0 Å². The zero-order valence-corrected chi connectivity index (χ0v) is 13.8. The van der Waals surface area contributed by atoms with Crippen LogP contribution in [0.5, 0.6) is 0 Å². The molecule has 0 aromatic carbocycles. The molecule has 0 heterocycles. The number of aliphatic hydroxyl groups is 2. The number of aliphatic hydroxyl groups excluding tert-OH is 2. The summed E-state index contributed by atoms with van der Waals surface area (Å²) >= 11 is 0. The molecule has 2 atom stereocenters. The van der Waals surface area contributed by atoms with E-state index in [4.69, 9.17) is 10.2 Å². The van der Waals surface area contributed by atoms with Gasteiger partial charge in [-0.05, 0) is 52.4 Å². The molecule has 0 fully saturated rings. The fraction of sp³-hybridized carbons (Fsp3) is 0.875. The molecule has 0 aromatic heterocycles. The fourth-order valence-corrected chi connectivity index (χ4v) is 1.99. The Morgan fingerprint density at radius 2 is 1.09 bits per heavy atom. The first kappa shape index (κ1) is 20.5. The first-order valence-electron chi connectivity index (χ1n) is 7.93. The van der Waals surface area contributed by atoms with Gasteiger partial charge < -0.3 is 10.2 Å². The molecule has 0 rings (SSSR count). The van der Waals surface area contributed by atoms with Gasteiger partial charge in [0.05, 0.1) is 12.1 Å². The predicted octanol–water partition coefficient (Wildman–Crippen LogP) is 3.11. The van der Waals surface area contributed by atoms with Crippen LogP contribution in [0.2, 0.25) is 0 Å². The van der Waals surface area contributed by atoms with Crippen LogP contribution in [0.4, 0.5) is 0 Å². The second-order valence-corrected chi connectivity index (χ2v) is 6.04. The average molecular weight is 308 g/mol. The molecule has 124 valence electrons. The number of nitrogens with zero attached hydrogens (tertiary/aromatic N) is 4. The van der Waals surface area contributed by atoms with E-state index in [1.165, 1.54) is 0 Å². The number of unbranched alkanes of at least 4 members (excludes halogenated alkanes) is 4. The number of hydrogen-bond acceptors (Lipinski definition) is 6. The summed E-state index contributed by atoms with van der Waals surface area (Å²) in [4.78, 5) is 0. The molecule has 0 aromatic rings. The van der Waals surface area contributed by atoms with E-state index in [1.54, 1.807) is 13.8 Å². The van der Waals surface area contributed by atoms with Crippen LogP contribution in [-0.4, -0.2) is 34.5 Å². The predicted molar refractivity (Wildman–Crippen MR) is 84.0 cm³/mol. The number of rotatable bonds is 12. The Labute approximate surface area is 133 Å². The van der Waals surface area contributed by atoms with Crippen molar-refractivity contribution in [1.29, 1.82) is 10.5 Å². The molecule has 0 bridgehead atoms. The van der Waals surface area contributed by atoms with Gasteiger partial charge >= 0.3 is 0 Å². The summed E-state index contributed by atoms with van der Waals surface area (Å²) in [5, 5.41) is 44.4. The summed E-state index contributed by atoms with van der Waals surface area (Å²) in [7, 11) is 0. The highest BCUT2D eigenvalue weighted by Gasteiger charge is 2.27. The van der Waals surface area contributed by atoms with Gasteiger partial charge in [-0.25, -0.2) is 0 Å². The number of hydrogen-bond donors (Lipinski definition) is 2. The van der Waals surface area contributed by atoms with Crippen molar-refractivity contribution in [2.75, 3.05) is 13.2 Å². The maximum Gasteiger partial charge on any atom is 0.164 e. The number of nitriles is 2. The van der Waals surface area contributed by atoms with Gasteiger partial charge in [-0.2, -0.15) is 20.8 Å². The van der Waals surface area contributed by atoms with Crippen LogP contribution in [0, 0.1) is 22.7 Å². The maximum absolute atomic E-state index is 9.29. The molecule has 0 aliphatic rings. The van der Waals surface area contributed by atoms with Crippen molar-refractivity contribution in [3.8, 4) is 12.1 Å². The van der Waals surface area contributed by atoms with Crippen molar-refractivity contribution in [2.45, 2.75) is 76.3 Å². The summed E-state index contributed by atoms with van der Waals surface area (Å²) in [5.74, 6) is 0. The molecule has 6 nitrogen and oxygen atoms in total. The summed E-state index contributed by atoms with van der Waals surface area (Å²) < 4.78 is 0. The number of azo groups is 1. The average Bonchev–Trinajstić information content (AvgIpc) is 2.54. The van der Waals surface area contributed by atoms with Crippen molar-refractivity contribution in [2.24, 2.45) is 10.2 Å². The van der Waals surface area contributed by atoms with Gasteiger partial charge in [0.25, 0.3) is 0 Å². The lowest BCUT2D eigenvalue weighted by atomic mass is 9.96. The van der Waals surface area contributed by atoms with Gasteiger partial charge in [-0.1, -0.05) is 12.8 Å². The zero-order valence-electron chi connectivity index (χ0n) is 13.8. The molecule has 2 N–H and O–H groups in total. The highest BCUT2D eigenvalue weighted by molar-refractivity contribution is 5.07. The molecule has 2 unspecified atom stereocenters. The van der Waals surface area contributed by atoms with Crippen LogP contribution in [0.15, 0.2) is 10.2 Å². The highest BCUT2D eigenvalue weighted by atomic mass is 16.3. The maximum atomic E-state index is 9.29. The van der Waals surface area contributed by atoms with E-state index < -0.39 is 11.1 Å². The SMILES string of the molecule is CC(C#N)(CCCCCO)/N=N/C(C)(C#N)CCCCCO. The van der Waals surface area contributed by atoms with E-state index >= 15 is 0 Å². The van der Waals surface area contributed by atoms with Gasteiger partial charge in [0.2, 0.25) is 0 Å². The summed E-state index contributed by atoms with van der Waals surface area (Å²) in [6.07, 6.45) is 5.86. The van der Waals surface area contributed by atoms with Crippen molar-refractivity contribution >= 4 is 0 Å². The van der Waals surface area contributed by atoms with E-state index in [2.05, 4.69) is 22.4 Å². The summed E-state index contributed by atoms with van der Waals surface area (Å²) in [6.45, 7) is 3.76. The molecule has 0 saturated heterocycles. The van der Waals surface area contributed by atoms with Crippen molar-refractivity contribution in [3.05, 3.63) is 0 Å². The van der Waals surface area contributed by atoms with Crippen molar-refractivity contribution in [1.82, 2.24) is 0 Å². The third-order valence-electron chi connectivity index (χ3n) is 3.62. The topological polar surface area (TPSA) is 113 Å². The summed E-state index contributed by atoms with van der Waals surface area (Å²) in [6, 6.07) is 4.33. The second kappa shape index (κ2) is 11.1. The highest BCUT2D eigenvalue weighted by Crippen LogP contribution is 2.24. The van der Waals surface area contributed by atoms with Crippen LogP contribution in [-0.2, 0) is 0 Å². The molecule has 0 spiro atoms. The lowest BCUT2D eigenvalue weighted by Gasteiger charge is -2.19. The molecular formula is C16H28N4O2. The van der Waals surface area contributed by atoms with Crippen molar-refractivity contribution < 1.29 is 10.2 Å². The summed E-state index contributed by atoms with van der Waals surface area (Å²) in [5.41, 5.74) is -1.84. The van der Waals surface area contributed by atoms with Crippen LogP contribution in [0.25, 0.3) is 0 Å². The third kappa shape index (κ3) is 8.71. The molecule has 0 aliphatic heterocycles. The Morgan fingerprint density at radius 3 is 1.36 bits per heavy atom. The minimum atomic E-state index is -0.918. The minimum absolute atomic E-state index is 0.158. The van der Waals surface area contributed by atoms with Crippen molar-refractivity contribution in [3.63, 3.8) is 0 Å².